The quantitative estimate of drug-likeness (QED) is 0.0336. The Morgan fingerprint density at radius 2 is 0.771 bits per heavy atom. The van der Waals surface area contributed by atoms with Crippen molar-refractivity contribution in [2.45, 2.75) is 104 Å². The average Bonchev–Trinajstić information content (AvgIpc) is 3.74. The summed E-state index contributed by atoms with van der Waals surface area (Å²) in [5.74, 6) is -16.0. The molecule has 5 rings (SSSR count). The molecule has 0 unspecified atom stereocenters. The fourth-order valence-corrected chi connectivity index (χ4v) is 7.69. The van der Waals surface area contributed by atoms with Gasteiger partial charge in [0.25, 0.3) is 0 Å². The van der Waals surface area contributed by atoms with Crippen LogP contribution in [0, 0.1) is 46.5 Å². The molecule has 258 valence electrons. The molecule has 0 saturated heterocycles. The Balaban J connectivity index is 1.61. The smallest absolute Gasteiger partial charge is 0.195 e. The van der Waals surface area contributed by atoms with Crippen molar-refractivity contribution in [2.24, 2.45) is 0 Å². The highest BCUT2D eigenvalue weighted by Crippen LogP contribution is 2.46. The topological polar surface area (TPSA) is 51.6 Å². The number of nitrogens with zero attached hydrogens (tertiary/aromatic N) is 4. The summed E-state index contributed by atoms with van der Waals surface area (Å²) < 4.78 is 125. The molecule has 0 bridgehead atoms. The zero-order chi connectivity index (χ0) is 34.5. The van der Waals surface area contributed by atoms with Crippen molar-refractivity contribution in [3.05, 3.63) is 56.6 Å². The van der Waals surface area contributed by atoms with Gasteiger partial charge in [0, 0.05) is 29.0 Å². The lowest BCUT2D eigenvalue weighted by Gasteiger charge is -2.16. The SMILES string of the molecule is CCCCCCCCc1nnc(-c2c(F)c(F)c3c(F)c(F)c4c(-c5nnc(CCCCCCCC)s5)c(F)c(F)c(F)c4c3c2F)s1. The van der Waals surface area contributed by atoms with Crippen molar-refractivity contribution in [3.63, 3.8) is 0 Å². The predicted molar refractivity (Wildman–Crippen MR) is 173 cm³/mol. The Labute approximate surface area is 280 Å². The molecule has 48 heavy (non-hydrogen) atoms. The minimum Gasteiger partial charge on any atom is -0.205 e. The summed E-state index contributed by atoms with van der Waals surface area (Å²) in [7, 11) is 0. The number of rotatable bonds is 16. The second kappa shape index (κ2) is 16.0. The zero-order valence-corrected chi connectivity index (χ0v) is 28.2. The second-order valence-corrected chi connectivity index (χ2v) is 13.9. The van der Waals surface area contributed by atoms with E-state index in [1.54, 1.807) is 0 Å². The summed E-state index contributed by atoms with van der Waals surface area (Å²) in [5.41, 5.74) is -2.11. The first-order chi connectivity index (χ1) is 23.1. The number of hydrogen-bond donors (Lipinski definition) is 0. The molecule has 0 radical (unpaired) electrons. The van der Waals surface area contributed by atoms with Crippen molar-refractivity contribution < 1.29 is 35.1 Å². The Kier molecular flexibility index (Phi) is 12.0. The van der Waals surface area contributed by atoms with Crippen molar-refractivity contribution in [1.29, 1.82) is 0 Å². The maximum Gasteiger partial charge on any atom is 0.195 e. The third-order valence-electron chi connectivity index (χ3n) is 8.38. The van der Waals surface area contributed by atoms with Gasteiger partial charge in [-0.05, 0) is 12.8 Å². The van der Waals surface area contributed by atoms with Gasteiger partial charge in [0.2, 0.25) is 0 Å². The predicted octanol–water partition coefficient (Wildman–Crippen LogP) is 11.9. The Morgan fingerprint density at radius 3 is 1.31 bits per heavy atom. The van der Waals surface area contributed by atoms with Gasteiger partial charge in [-0.25, -0.2) is 35.1 Å². The minimum absolute atomic E-state index is 0.383. The molecule has 0 saturated carbocycles. The maximum atomic E-state index is 16.3. The van der Waals surface area contributed by atoms with Gasteiger partial charge in [0.15, 0.2) is 50.7 Å². The Bertz CT molecular complexity index is 1920. The first-order valence-electron chi connectivity index (χ1n) is 16.2. The first kappa shape index (κ1) is 36.0. The number of aryl methyl sites for hydroxylation is 2. The van der Waals surface area contributed by atoms with Gasteiger partial charge in [-0.3, -0.25) is 0 Å². The van der Waals surface area contributed by atoms with Crippen molar-refractivity contribution in [1.82, 2.24) is 20.4 Å². The molecule has 0 amide bonds. The standard InChI is InChI=1S/C34H34F8N4S2/c1-3-5-7-9-11-13-15-17-43-45-33(47-17)23-21-19(27(37)32(42)30(23)40)20-22(28(38)26(21)36)29(39)31(41)24(25(20)35)34-46-44-18(48-34)16-14-12-10-8-6-4-2/h3-16H2,1-2H3. The molecular formula is C34H34F8N4S2. The van der Waals surface area contributed by atoms with E-state index in [4.69, 9.17) is 0 Å². The summed E-state index contributed by atoms with van der Waals surface area (Å²) in [4.78, 5) is 0. The fourth-order valence-electron chi connectivity index (χ4n) is 5.85. The normalized spacial score (nSPS) is 11.9. The molecule has 0 aliphatic heterocycles. The average molecular weight is 715 g/mol. The summed E-state index contributed by atoms with van der Waals surface area (Å²) in [6, 6.07) is 0. The van der Waals surface area contributed by atoms with Crippen molar-refractivity contribution in [3.8, 4) is 21.1 Å². The summed E-state index contributed by atoms with van der Waals surface area (Å²) in [5, 5.41) is 10.00. The van der Waals surface area contributed by atoms with Crippen LogP contribution in [-0.4, -0.2) is 20.4 Å². The van der Waals surface area contributed by atoms with E-state index in [0.717, 1.165) is 93.3 Å². The van der Waals surface area contributed by atoms with E-state index in [2.05, 4.69) is 34.2 Å². The Morgan fingerprint density at radius 1 is 0.375 bits per heavy atom. The molecule has 3 aromatic carbocycles. The van der Waals surface area contributed by atoms with Crippen LogP contribution >= 0.6 is 22.7 Å². The van der Waals surface area contributed by atoms with Gasteiger partial charge < -0.3 is 0 Å². The highest BCUT2D eigenvalue weighted by atomic mass is 32.1. The molecule has 2 aromatic heterocycles. The van der Waals surface area contributed by atoms with Crippen LogP contribution in [-0.2, 0) is 12.8 Å². The van der Waals surface area contributed by atoms with E-state index in [9.17, 15) is 0 Å². The number of unbranched alkanes of at least 4 members (excludes halogenated alkanes) is 10. The summed E-state index contributed by atoms with van der Waals surface area (Å²) in [6.07, 6.45) is 12.5. The van der Waals surface area contributed by atoms with E-state index < -0.39 is 89.2 Å². The van der Waals surface area contributed by atoms with Gasteiger partial charge >= 0.3 is 0 Å². The fraction of sp³-hybridized carbons (Fsp3) is 0.471. The Hall–Kier alpha value is -3.26. The third-order valence-corrected chi connectivity index (χ3v) is 10.4. The highest BCUT2D eigenvalue weighted by molar-refractivity contribution is 7.15. The van der Waals surface area contributed by atoms with E-state index in [-0.39, 0.29) is 0 Å². The van der Waals surface area contributed by atoms with E-state index in [1.165, 1.54) is 0 Å². The van der Waals surface area contributed by atoms with Crippen LogP contribution in [0.3, 0.4) is 0 Å². The van der Waals surface area contributed by atoms with Crippen LogP contribution in [0.1, 0.15) is 101 Å². The molecule has 0 atom stereocenters. The number of hydrogen-bond acceptors (Lipinski definition) is 6. The first-order valence-corrected chi connectivity index (χ1v) is 17.9. The molecule has 14 heteroatoms. The van der Waals surface area contributed by atoms with Crippen molar-refractivity contribution >= 4 is 44.2 Å². The van der Waals surface area contributed by atoms with E-state index in [1.807, 2.05) is 0 Å². The number of benzene rings is 3. The zero-order valence-electron chi connectivity index (χ0n) is 26.5. The molecule has 5 aromatic rings. The molecular weight excluding hydrogens is 681 g/mol. The van der Waals surface area contributed by atoms with Crippen LogP contribution in [0.5, 0.6) is 0 Å². The lowest BCUT2D eigenvalue weighted by Crippen LogP contribution is -2.06. The van der Waals surface area contributed by atoms with Crippen LogP contribution in [0.15, 0.2) is 0 Å². The molecule has 4 nitrogen and oxygen atoms in total. The molecule has 0 fully saturated rings. The summed E-state index contributed by atoms with van der Waals surface area (Å²) in [6.45, 7) is 4.19. The number of halogens is 8. The lowest BCUT2D eigenvalue weighted by molar-refractivity contribution is 0.453. The monoisotopic (exact) mass is 714 g/mol. The molecule has 0 aliphatic carbocycles. The third kappa shape index (κ3) is 7.05. The highest BCUT2D eigenvalue weighted by Gasteiger charge is 2.35. The molecule has 2 heterocycles. The van der Waals surface area contributed by atoms with E-state index >= 15 is 35.1 Å². The molecule has 0 aliphatic rings. The largest absolute Gasteiger partial charge is 0.205 e. The van der Waals surface area contributed by atoms with E-state index in [0.29, 0.717) is 29.3 Å². The van der Waals surface area contributed by atoms with Gasteiger partial charge in [-0.2, -0.15) is 0 Å². The minimum atomic E-state index is -2.15. The van der Waals surface area contributed by atoms with Gasteiger partial charge in [0.05, 0.1) is 16.5 Å². The van der Waals surface area contributed by atoms with Gasteiger partial charge in [-0.1, -0.05) is 101 Å². The van der Waals surface area contributed by atoms with Crippen molar-refractivity contribution in [2.75, 3.05) is 0 Å². The molecule has 0 N–H and O–H groups in total. The van der Waals surface area contributed by atoms with Crippen LogP contribution in [0.2, 0.25) is 0 Å². The van der Waals surface area contributed by atoms with Gasteiger partial charge in [0.1, 0.15) is 15.8 Å². The summed E-state index contributed by atoms with van der Waals surface area (Å²) >= 11 is 1.51. The lowest BCUT2D eigenvalue weighted by atomic mass is 9.93. The van der Waals surface area contributed by atoms with Gasteiger partial charge in [-0.15, -0.1) is 20.4 Å². The van der Waals surface area contributed by atoms with Crippen LogP contribution < -0.4 is 0 Å². The molecule has 0 spiro atoms. The number of fused-ring (bicyclic) bond motifs is 3. The number of aromatic nitrogens is 4. The maximum absolute atomic E-state index is 16.3. The van der Waals surface area contributed by atoms with Crippen LogP contribution in [0.4, 0.5) is 35.1 Å². The van der Waals surface area contributed by atoms with Crippen LogP contribution in [0.25, 0.3) is 42.7 Å². The second-order valence-electron chi connectivity index (χ2n) is 11.8.